The Morgan fingerprint density at radius 2 is 2.03 bits per heavy atom. The molecular weight excluding hydrogens is 392 g/mol. The number of nitrogens with zero attached hydrogens (tertiary/aromatic N) is 2. The summed E-state index contributed by atoms with van der Waals surface area (Å²) in [7, 11) is 1.65. The van der Waals surface area contributed by atoms with Crippen molar-refractivity contribution in [2.24, 2.45) is 0 Å². The van der Waals surface area contributed by atoms with E-state index in [1.165, 1.54) is 5.56 Å². The Bertz CT molecular complexity index is 1200. The number of aromatic amines is 1. The van der Waals surface area contributed by atoms with Crippen LogP contribution in [0.2, 0.25) is 0 Å². The van der Waals surface area contributed by atoms with Gasteiger partial charge in [-0.25, -0.2) is 0 Å². The number of ether oxygens (including phenoxy) is 2. The van der Waals surface area contributed by atoms with Crippen LogP contribution in [0.1, 0.15) is 40.0 Å². The second kappa shape index (κ2) is 6.92. The molecule has 7 nitrogen and oxygen atoms in total. The number of carbonyl (C=O) groups excluding carboxylic acids is 1. The summed E-state index contributed by atoms with van der Waals surface area (Å²) in [6.45, 7) is 1.74. The van der Waals surface area contributed by atoms with Crippen molar-refractivity contribution in [3.8, 4) is 28.3 Å². The highest BCUT2D eigenvalue weighted by molar-refractivity contribution is 6.01. The average molecular weight is 416 g/mol. The van der Waals surface area contributed by atoms with Crippen molar-refractivity contribution in [3.63, 3.8) is 0 Å². The lowest BCUT2D eigenvalue weighted by Gasteiger charge is -2.23. The van der Waals surface area contributed by atoms with Crippen LogP contribution in [0.25, 0.3) is 22.5 Å². The molecule has 0 aromatic carbocycles. The summed E-state index contributed by atoms with van der Waals surface area (Å²) in [6, 6.07) is 4.07. The quantitative estimate of drug-likeness (QED) is 0.624. The van der Waals surface area contributed by atoms with E-state index in [0.29, 0.717) is 19.0 Å². The van der Waals surface area contributed by atoms with E-state index in [4.69, 9.17) is 14.5 Å². The molecule has 0 atom stereocenters. The van der Waals surface area contributed by atoms with E-state index in [2.05, 4.69) is 21.4 Å². The van der Waals surface area contributed by atoms with Crippen LogP contribution in [-0.2, 0) is 23.0 Å². The van der Waals surface area contributed by atoms with Gasteiger partial charge in [0.2, 0.25) is 0 Å². The largest absolute Gasteiger partial charge is 0.490 e. The van der Waals surface area contributed by atoms with Gasteiger partial charge in [-0.3, -0.25) is 14.8 Å². The monoisotopic (exact) mass is 416 g/mol. The van der Waals surface area contributed by atoms with Gasteiger partial charge in [-0.2, -0.15) is 0 Å². The van der Waals surface area contributed by atoms with Gasteiger partial charge in [0.05, 0.1) is 29.8 Å². The Morgan fingerprint density at radius 1 is 1.13 bits per heavy atom. The van der Waals surface area contributed by atoms with E-state index in [1.807, 2.05) is 12.3 Å². The van der Waals surface area contributed by atoms with E-state index in [1.54, 1.807) is 19.5 Å². The number of nitrogens with one attached hydrogen (secondary N) is 2. The standard InChI is InChI=1S/C24H24N4O3/c1-30-6-7-31-16-8-15(10-25-12-16)19-9-18-14(11-26-19)2-3-17-20-22(28-21(17)18)24(4-5-24)13-27-23(20)29/h8-12,28H,2-7,13H2,1H3,(H,27,29). The highest BCUT2D eigenvalue weighted by Gasteiger charge is 2.51. The first-order chi connectivity index (χ1) is 15.2. The predicted octanol–water partition coefficient (Wildman–Crippen LogP) is 3.04. The van der Waals surface area contributed by atoms with Crippen molar-refractivity contribution in [2.75, 3.05) is 26.9 Å². The number of aromatic nitrogens is 3. The van der Waals surface area contributed by atoms with Crippen LogP contribution < -0.4 is 10.1 Å². The molecule has 0 radical (unpaired) electrons. The summed E-state index contributed by atoms with van der Waals surface area (Å²) in [6.07, 6.45) is 9.47. The van der Waals surface area contributed by atoms with E-state index in [9.17, 15) is 4.79 Å². The molecule has 1 aliphatic heterocycles. The topological polar surface area (TPSA) is 89.1 Å². The lowest BCUT2D eigenvalue weighted by Crippen LogP contribution is -2.39. The first-order valence-corrected chi connectivity index (χ1v) is 10.8. The van der Waals surface area contributed by atoms with Crippen LogP contribution in [0.5, 0.6) is 5.75 Å². The summed E-state index contributed by atoms with van der Waals surface area (Å²) in [5, 5.41) is 3.11. The summed E-state index contributed by atoms with van der Waals surface area (Å²) in [4.78, 5) is 25.4. The van der Waals surface area contributed by atoms with Gasteiger partial charge in [0.25, 0.3) is 5.91 Å². The third-order valence-electron chi connectivity index (χ3n) is 6.77. The van der Waals surface area contributed by atoms with Crippen LogP contribution in [-0.4, -0.2) is 47.7 Å². The van der Waals surface area contributed by atoms with Crippen LogP contribution in [0.15, 0.2) is 30.7 Å². The van der Waals surface area contributed by atoms with Gasteiger partial charge in [-0.05, 0) is 48.9 Å². The fourth-order valence-electron chi connectivity index (χ4n) is 4.88. The molecule has 0 bridgehead atoms. The number of pyridine rings is 2. The molecule has 4 heterocycles. The van der Waals surface area contributed by atoms with Crippen molar-refractivity contribution in [1.29, 1.82) is 0 Å². The molecule has 31 heavy (non-hydrogen) atoms. The second-order valence-electron chi connectivity index (χ2n) is 8.67. The number of hydrogen-bond donors (Lipinski definition) is 2. The molecular formula is C24H24N4O3. The third-order valence-corrected chi connectivity index (χ3v) is 6.77. The van der Waals surface area contributed by atoms with Crippen molar-refractivity contribution in [1.82, 2.24) is 20.3 Å². The number of methoxy groups -OCH3 is 1. The molecule has 0 saturated heterocycles. The zero-order valence-corrected chi connectivity index (χ0v) is 17.5. The van der Waals surface area contributed by atoms with Crippen molar-refractivity contribution < 1.29 is 14.3 Å². The zero-order chi connectivity index (χ0) is 21.0. The molecule has 6 rings (SSSR count). The van der Waals surface area contributed by atoms with Gasteiger partial charge in [-0.1, -0.05) is 0 Å². The number of aryl methyl sites for hydroxylation is 1. The smallest absolute Gasteiger partial charge is 0.253 e. The Morgan fingerprint density at radius 3 is 2.87 bits per heavy atom. The molecule has 1 fully saturated rings. The van der Waals surface area contributed by atoms with Gasteiger partial charge in [-0.15, -0.1) is 0 Å². The summed E-state index contributed by atoms with van der Waals surface area (Å²) in [5.74, 6) is 0.755. The van der Waals surface area contributed by atoms with E-state index >= 15 is 0 Å². The molecule has 1 amide bonds. The van der Waals surface area contributed by atoms with E-state index in [0.717, 1.165) is 71.6 Å². The van der Waals surface area contributed by atoms with Crippen LogP contribution >= 0.6 is 0 Å². The molecule has 158 valence electrons. The SMILES string of the molecule is COCCOc1cncc(-c2cc3c(cn2)CCc2c-3[nH]c3c2C(=O)NCC32CC2)c1. The van der Waals surface area contributed by atoms with Crippen molar-refractivity contribution >= 4 is 5.91 Å². The number of amides is 1. The van der Waals surface area contributed by atoms with Crippen LogP contribution in [0, 0.1) is 0 Å². The Labute approximate surface area is 180 Å². The molecule has 1 spiro atoms. The number of H-pyrrole nitrogens is 1. The number of fused-ring (bicyclic) bond motifs is 6. The lowest BCUT2D eigenvalue weighted by molar-refractivity contribution is 0.0936. The highest BCUT2D eigenvalue weighted by Crippen LogP contribution is 2.52. The van der Waals surface area contributed by atoms with Gasteiger partial charge in [0.15, 0.2) is 0 Å². The minimum absolute atomic E-state index is 0.0628. The van der Waals surface area contributed by atoms with Gasteiger partial charge >= 0.3 is 0 Å². The van der Waals surface area contributed by atoms with Crippen LogP contribution in [0.4, 0.5) is 0 Å². The van der Waals surface area contributed by atoms with Crippen molar-refractivity contribution in [2.45, 2.75) is 31.1 Å². The molecule has 0 unspecified atom stereocenters. The maximum atomic E-state index is 12.7. The Hall–Kier alpha value is -3.19. The van der Waals surface area contributed by atoms with Crippen LogP contribution in [0.3, 0.4) is 0 Å². The first kappa shape index (κ1) is 18.6. The molecule has 3 aromatic rings. The molecule has 1 saturated carbocycles. The first-order valence-electron chi connectivity index (χ1n) is 10.8. The summed E-state index contributed by atoms with van der Waals surface area (Å²) < 4.78 is 10.8. The van der Waals surface area contributed by atoms with E-state index < -0.39 is 0 Å². The normalized spacial score (nSPS) is 17.5. The minimum Gasteiger partial charge on any atom is -0.490 e. The van der Waals surface area contributed by atoms with Gasteiger partial charge in [0.1, 0.15) is 12.4 Å². The third kappa shape index (κ3) is 2.95. The summed E-state index contributed by atoms with van der Waals surface area (Å²) in [5.41, 5.74) is 8.47. The molecule has 2 aliphatic carbocycles. The average Bonchev–Trinajstić information content (AvgIpc) is 3.46. The zero-order valence-electron chi connectivity index (χ0n) is 17.5. The minimum atomic E-state index is 0.0628. The van der Waals surface area contributed by atoms with E-state index in [-0.39, 0.29) is 11.3 Å². The molecule has 2 N–H and O–H groups in total. The number of hydrogen-bond acceptors (Lipinski definition) is 5. The maximum absolute atomic E-state index is 12.7. The molecule has 3 aliphatic rings. The van der Waals surface area contributed by atoms with Gasteiger partial charge in [0, 0.05) is 48.3 Å². The molecule has 3 aromatic heterocycles. The fraction of sp³-hybridized carbons (Fsp3) is 0.375. The fourth-order valence-corrected chi connectivity index (χ4v) is 4.88. The number of rotatable bonds is 5. The summed E-state index contributed by atoms with van der Waals surface area (Å²) >= 11 is 0. The lowest BCUT2D eigenvalue weighted by atomic mass is 9.86. The highest BCUT2D eigenvalue weighted by atomic mass is 16.5. The van der Waals surface area contributed by atoms with Gasteiger partial charge < -0.3 is 19.8 Å². The number of carbonyl (C=O) groups is 1. The predicted molar refractivity (Wildman–Crippen MR) is 115 cm³/mol. The Balaban J connectivity index is 1.40. The molecule has 7 heteroatoms. The maximum Gasteiger partial charge on any atom is 0.253 e. The van der Waals surface area contributed by atoms with Crippen molar-refractivity contribution in [3.05, 3.63) is 53.1 Å². The Kier molecular flexibility index (Phi) is 4.14. The second-order valence-corrected chi connectivity index (χ2v) is 8.67.